The molecule has 0 aliphatic carbocycles. The number of para-hydroxylation sites is 1. The molecule has 0 aliphatic heterocycles. The van der Waals surface area contributed by atoms with Crippen molar-refractivity contribution in [1.29, 1.82) is 0 Å². The number of nitrogens with one attached hydrogen (secondary N) is 2. The van der Waals surface area contributed by atoms with Crippen molar-refractivity contribution < 1.29 is 14.0 Å². The van der Waals surface area contributed by atoms with E-state index in [1.165, 1.54) is 16.9 Å². The van der Waals surface area contributed by atoms with Gasteiger partial charge in [-0.15, -0.1) is 0 Å². The number of carbonyl (C=O) groups is 2. The zero-order valence-corrected chi connectivity index (χ0v) is 16.7. The maximum absolute atomic E-state index is 14.4. The molecule has 2 heterocycles. The Morgan fingerprint density at radius 3 is 2.23 bits per heavy atom. The fraction of sp³-hybridized carbons (Fsp3) is 0.0870. The van der Waals surface area contributed by atoms with E-state index in [0.717, 1.165) is 0 Å². The lowest BCUT2D eigenvalue weighted by molar-refractivity contribution is -0.115. The molecular weight excluding hydrogens is 397 g/mol. The fourth-order valence-corrected chi connectivity index (χ4v) is 3.11. The van der Waals surface area contributed by atoms with Gasteiger partial charge >= 0.3 is 0 Å². The number of halogens is 1. The van der Waals surface area contributed by atoms with Crippen LogP contribution in [0.5, 0.6) is 0 Å². The van der Waals surface area contributed by atoms with Crippen LogP contribution in [0, 0.1) is 5.82 Å². The van der Waals surface area contributed by atoms with Crippen molar-refractivity contribution in [3.8, 4) is 11.5 Å². The van der Waals surface area contributed by atoms with Crippen LogP contribution in [0.4, 0.5) is 15.8 Å². The van der Waals surface area contributed by atoms with E-state index in [1.807, 2.05) is 12.1 Å². The zero-order chi connectivity index (χ0) is 21.8. The third kappa shape index (κ3) is 4.23. The third-order valence-corrected chi connectivity index (χ3v) is 4.67. The van der Waals surface area contributed by atoms with Gasteiger partial charge in [-0.05, 0) is 48.5 Å². The summed E-state index contributed by atoms with van der Waals surface area (Å²) in [5.41, 5.74) is 1.71. The van der Waals surface area contributed by atoms with Crippen molar-refractivity contribution in [3.63, 3.8) is 0 Å². The van der Waals surface area contributed by atoms with Crippen molar-refractivity contribution >= 4 is 23.2 Å². The maximum Gasteiger partial charge on any atom is 0.261 e. The van der Waals surface area contributed by atoms with Gasteiger partial charge in [-0.2, -0.15) is 5.10 Å². The minimum absolute atomic E-state index is 0.0892. The Bertz CT molecular complexity index is 1210. The highest BCUT2D eigenvalue weighted by molar-refractivity contribution is 6.06. The molecule has 2 aromatic heterocycles. The van der Waals surface area contributed by atoms with Crippen molar-refractivity contribution in [2.24, 2.45) is 0 Å². The molecule has 0 bridgehead atoms. The van der Waals surface area contributed by atoms with E-state index >= 15 is 0 Å². The van der Waals surface area contributed by atoms with Gasteiger partial charge < -0.3 is 15.2 Å². The zero-order valence-electron chi connectivity index (χ0n) is 16.7. The summed E-state index contributed by atoms with van der Waals surface area (Å²) in [5, 5.41) is 9.85. The molecule has 4 aromatic rings. The van der Waals surface area contributed by atoms with Gasteiger partial charge in [0.15, 0.2) is 5.82 Å². The molecule has 0 atom stereocenters. The number of benzene rings is 2. The summed E-state index contributed by atoms with van der Waals surface area (Å²) in [6.45, 7) is 1.77. The minimum atomic E-state index is -0.448. The molecule has 2 amide bonds. The number of hydrogen-bond acceptors (Lipinski definition) is 3. The van der Waals surface area contributed by atoms with E-state index in [-0.39, 0.29) is 17.2 Å². The smallest absolute Gasteiger partial charge is 0.261 e. The van der Waals surface area contributed by atoms with Gasteiger partial charge in [-0.1, -0.05) is 19.1 Å². The van der Waals surface area contributed by atoms with Gasteiger partial charge in [-0.3, -0.25) is 9.59 Å². The first kappa shape index (κ1) is 20.1. The lowest BCUT2D eigenvalue weighted by Gasteiger charge is -2.12. The van der Waals surface area contributed by atoms with E-state index in [1.54, 1.807) is 66.3 Å². The van der Waals surface area contributed by atoms with E-state index in [0.29, 0.717) is 23.6 Å². The van der Waals surface area contributed by atoms with Crippen LogP contribution in [0.25, 0.3) is 11.5 Å². The highest BCUT2D eigenvalue weighted by atomic mass is 19.1. The molecule has 2 aromatic carbocycles. The molecule has 7 nitrogen and oxygen atoms in total. The first-order valence-corrected chi connectivity index (χ1v) is 9.74. The summed E-state index contributed by atoms with van der Waals surface area (Å²) in [6.07, 6.45) is 5.31. The number of anilines is 2. The Morgan fingerprint density at radius 2 is 1.58 bits per heavy atom. The average molecular weight is 417 g/mol. The van der Waals surface area contributed by atoms with Gasteiger partial charge in [0, 0.05) is 30.2 Å². The Morgan fingerprint density at radius 1 is 0.935 bits per heavy atom. The van der Waals surface area contributed by atoms with Crippen molar-refractivity contribution in [3.05, 3.63) is 90.6 Å². The topological polar surface area (TPSA) is 81.0 Å². The third-order valence-electron chi connectivity index (χ3n) is 4.67. The monoisotopic (exact) mass is 417 g/mol. The van der Waals surface area contributed by atoms with Crippen LogP contribution >= 0.6 is 0 Å². The Balaban J connectivity index is 1.64. The molecule has 31 heavy (non-hydrogen) atoms. The molecule has 8 heteroatoms. The van der Waals surface area contributed by atoms with Crippen LogP contribution < -0.4 is 10.6 Å². The van der Waals surface area contributed by atoms with Crippen molar-refractivity contribution in [2.75, 3.05) is 10.6 Å². The van der Waals surface area contributed by atoms with E-state index < -0.39 is 11.7 Å². The van der Waals surface area contributed by atoms with Crippen molar-refractivity contribution in [2.45, 2.75) is 13.3 Å². The summed E-state index contributed by atoms with van der Waals surface area (Å²) in [7, 11) is 0. The van der Waals surface area contributed by atoms with E-state index in [9.17, 15) is 14.0 Å². The summed E-state index contributed by atoms with van der Waals surface area (Å²) in [6, 6.07) is 16.7. The SMILES string of the molecule is CCC(=O)Nc1ccc(NC(=O)c2cnn(-c3ccccc3F)c2-n2cccc2)cc1. The number of rotatable bonds is 6. The van der Waals surface area contributed by atoms with Gasteiger partial charge in [0.1, 0.15) is 17.1 Å². The van der Waals surface area contributed by atoms with Crippen LogP contribution in [-0.2, 0) is 4.79 Å². The molecule has 156 valence electrons. The van der Waals surface area contributed by atoms with Crippen LogP contribution in [0.3, 0.4) is 0 Å². The summed E-state index contributed by atoms with van der Waals surface area (Å²) < 4.78 is 17.5. The lowest BCUT2D eigenvalue weighted by Crippen LogP contribution is -2.15. The standard InChI is InChI=1S/C23H20FN5O2/c1-2-21(30)26-16-9-11-17(12-10-16)27-22(31)18-15-25-29(20-8-4-3-7-19(20)24)23(18)28-13-5-6-14-28/h3-15H,2H2,1H3,(H,26,30)(H,27,31). The summed E-state index contributed by atoms with van der Waals surface area (Å²) in [4.78, 5) is 24.5. The second-order valence-electron chi connectivity index (χ2n) is 6.77. The first-order valence-electron chi connectivity index (χ1n) is 9.74. The lowest BCUT2D eigenvalue weighted by atomic mass is 10.2. The molecule has 0 saturated carbocycles. The van der Waals surface area contributed by atoms with E-state index in [2.05, 4.69) is 15.7 Å². The molecule has 0 unspecified atom stereocenters. The van der Waals surface area contributed by atoms with Gasteiger partial charge in [0.05, 0.1) is 6.20 Å². The summed E-state index contributed by atoms with van der Waals surface area (Å²) in [5.74, 6) is -0.513. The minimum Gasteiger partial charge on any atom is -0.326 e. The van der Waals surface area contributed by atoms with Gasteiger partial charge in [0.2, 0.25) is 5.91 Å². The number of carbonyl (C=O) groups excluding carboxylic acids is 2. The first-order chi connectivity index (χ1) is 15.1. The molecule has 0 saturated heterocycles. The van der Waals surface area contributed by atoms with Gasteiger partial charge in [0.25, 0.3) is 5.91 Å². The molecule has 4 rings (SSSR count). The molecular formula is C23H20FN5O2. The number of amides is 2. The number of hydrogen-bond donors (Lipinski definition) is 2. The number of aromatic nitrogens is 3. The van der Waals surface area contributed by atoms with Crippen LogP contribution in [0.2, 0.25) is 0 Å². The molecule has 0 fully saturated rings. The van der Waals surface area contributed by atoms with E-state index in [4.69, 9.17) is 0 Å². The second kappa shape index (κ2) is 8.66. The highest BCUT2D eigenvalue weighted by Crippen LogP contribution is 2.23. The van der Waals surface area contributed by atoms with Crippen LogP contribution in [0.15, 0.2) is 79.3 Å². The largest absolute Gasteiger partial charge is 0.326 e. The predicted molar refractivity (Wildman–Crippen MR) is 116 cm³/mol. The highest BCUT2D eigenvalue weighted by Gasteiger charge is 2.21. The molecule has 0 radical (unpaired) electrons. The van der Waals surface area contributed by atoms with Gasteiger partial charge in [-0.25, -0.2) is 9.07 Å². The fourth-order valence-electron chi connectivity index (χ4n) is 3.11. The summed E-state index contributed by atoms with van der Waals surface area (Å²) >= 11 is 0. The van der Waals surface area contributed by atoms with Crippen LogP contribution in [-0.4, -0.2) is 26.2 Å². The average Bonchev–Trinajstić information content (AvgIpc) is 3.45. The Kier molecular flexibility index (Phi) is 5.61. The quantitative estimate of drug-likeness (QED) is 0.488. The maximum atomic E-state index is 14.4. The molecule has 2 N–H and O–H groups in total. The van der Waals surface area contributed by atoms with Crippen molar-refractivity contribution in [1.82, 2.24) is 14.3 Å². The second-order valence-corrected chi connectivity index (χ2v) is 6.77. The molecule has 0 aliphatic rings. The predicted octanol–water partition coefficient (Wildman–Crippen LogP) is 4.40. The normalized spacial score (nSPS) is 10.6. The Hall–Kier alpha value is -4.20. The Labute approximate surface area is 178 Å². The molecule has 0 spiro atoms. The number of nitrogens with zero attached hydrogens (tertiary/aromatic N) is 3. The van der Waals surface area contributed by atoms with Crippen LogP contribution in [0.1, 0.15) is 23.7 Å².